The molecule has 0 radical (unpaired) electrons. The lowest BCUT2D eigenvalue weighted by atomic mass is 9.78. The molecule has 1 amide bonds. The van der Waals surface area contributed by atoms with Crippen LogP contribution in [0.4, 0.5) is 5.69 Å². The summed E-state index contributed by atoms with van der Waals surface area (Å²) < 4.78 is 19.2. The van der Waals surface area contributed by atoms with E-state index in [2.05, 4.69) is 67.6 Å². The van der Waals surface area contributed by atoms with E-state index < -0.39 is 26.6 Å². The lowest BCUT2D eigenvalue weighted by Gasteiger charge is -2.38. The number of hydrogen-bond acceptors (Lipinski definition) is 4. The van der Waals surface area contributed by atoms with E-state index >= 15 is 0 Å². The molecule has 8 heteroatoms. The molecule has 0 bridgehead atoms. The van der Waals surface area contributed by atoms with Crippen LogP contribution in [0.5, 0.6) is 0 Å². The highest BCUT2D eigenvalue weighted by molar-refractivity contribution is 6.74. The van der Waals surface area contributed by atoms with Gasteiger partial charge in [0.1, 0.15) is 0 Å². The van der Waals surface area contributed by atoms with E-state index in [1.807, 2.05) is 41.3 Å². The lowest BCUT2D eigenvalue weighted by molar-refractivity contribution is -0.118. The van der Waals surface area contributed by atoms with Gasteiger partial charge in [-0.25, -0.2) is 0 Å². The second-order valence-electron chi connectivity index (χ2n) is 12.9. The van der Waals surface area contributed by atoms with Gasteiger partial charge in [0.25, 0.3) is 0 Å². The second kappa shape index (κ2) is 9.83. The van der Waals surface area contributed by atoms with Gasteiger partial charge in [-0.3, -0.25) is 4.79 Å². The van der Waals surface area contributed by atoms with Crippen LogP contribution in [-0.4, -0.2) is 45.2 Å². The molecular formula is C29H41BClNO4Si. The zero-order valence-corrected chi connectivity index (χ0v) is 25.5. The quantitative estimate of drug-likeness (QED) is 0.411. The molecule has 1 fully saturated rings. The van der Waals surface area contributed by atoms with Gasteiger partial charge in [-0.15, -0.1) is 0 Å². The fourth-order valence-electron chi connectivity index (χ4n) is 4.55. The number of anilines is 1. The summed E-state index contributed by atoms with van der Waals surface area (Å²) in [6, 6.07) is 13.7. The van der Waals surface area contributed by atoms with Crippen molar-refractivity contribution in [1.82, 2.24) is 0 Å². The highest BCUT2D eigenvalue weighted by atomic mass is 35.5. The van der Waals surface area contributed by atoms with Gasteiger partial charge in [0, 0.05) is 10.7 Å². The first-order valence-electron chi connectivity index (χ1n) is 13.2. The third kappa shape index (κ3) is 5.57. The first kappa shape index (κ1) is 28.4. The molecule has 0 saturated carbocycles. The Bertz CT molecular complexity index is 1160. The maximum Gasteiger partial charge on any atom is 0.494 e. The van der Waals surface area contributed by atoms with E-state index in [4.69, 9.17) is 25.3 Å². The smallest absolute Gasteiger partial charge is 0.415 e. The average molecular weight is 542 g/mol. The number of hydrogen-bond donors (Lipinski definition) is 0. The molecule has 37 heavy (non-hydrogen) atoms. The van der Waals surface area contributed by atoms with Crippen molar-refractivity contribution in [3.63, 3.8) is 0 Å². The average Bonchev–Trinajstić information content (AvgIpc) is 3.25. The molecule has 1 unspecified atom stereocenters. The Morgan fingerprint density at radius 2 is 1.73 bits per heavy atom. The summed E-state index contributed by atoms with van der Waals surface area (Å²) >= 11 is 6.40. The third-order valence-corrected chi connectivity index (χ3v) is 13.6. The van der Waals surface area contributed by atoms with Gasteiger partial charge < -0.3 is 18.6 Å². The van der Waals surface area contributed by atoms with Crippen molar-refractivity contribution in [1.29, 1.82) is 0 Å². The van der Waals surface area contributed by atoms with E-state index in [1.165, 1.54) is 0 Å². The summed E-state index contributed by atoms with van der Waals surface area (Å²) in [7, 11) is -2.43. The Labute approximate surface area is 229 Å². The molecule has 2 aliphatic heterocycles. The minimum Gasteiger partial charge on any atom is -0.415 e. The monoisotopic (exact) mass is 541 g/mol. The van der Waals surface area contributed by atoms with Gasteiger partial charge in [0.15, 0.2) is 8.32 Å². The molecule has 2 aromatic rings. The Kier molecular flexibility index (Phi) is 7.54. The number of carbonyl (C=O) groups excluding carboxylic acids is 1. The van der Waals surface area contributed by atoms with Gasteiger partial charge in [-0.1, -0.05) is 62.7 Å². The van der Waals surface area contributed by atoms with Crippen molar-refractivity contribution >= 4 is 44.1 Å². The Balaban J connectivity index is 1.63. The first-order chi connectivity index (χ1) is 17.0. The molecule has 2 heterocycles. The van der Waals surface area contributed by atoms with Crippen LogP contribution in [-0.2, 0) is 31.4 Å². The van der Waals surface area contributed by atoms with Crippen LogP contribution in [0.15, 0.2) is 42.5 Å². The fraction of sp³-hybridized carbons (Fsp3) is 0.552. The summed E-state index contributed by atoms with van der Waals surface area (Å²) in [6.45, 7) is 20.0. The summed E-state index contributed by atoms with van der Waals surface area (Å²) in [5.41, 5.74) is 3.03. The second-order valence-corrected chi connectivity index (χ2v) is 18.2. The van der Waals surface area contributed by atoms with Crippen molar-refractivity contribution in [2.45, 2.75) is 96.7 Å². The lowest BCUT2D eigenvalue weighted by Crippen LogP contribution is -2.47. The number of amides is 1. The van der Waals surface area contributed by atoms with Crippen molar-refractivity contribution < 1.29 is 18.5 Å². The van der Waals surface area contributed by atoms with Crippen LogP contribution in [0.25, 0.3) is 0 Å². The van der Waals surface area contributed by atoms with Crippen LogP contribution in [0, 0.1) is 0 Å². The fourth-order valence-corrected chi connectivity index (χ4v) is 5.80. The third-order valence-electron chi connectivity index (χ3n) is 8.72. The summed E-state index contributed by atoms with van der Waals surface area (Å²) in [5, 5.41) is 0.704. The molecule has 1 atom stereocenters. The highest BCUT2D eigenvalue weighted by Gasteiger charge is 2.52. The molecular weight excluding hydrogens is 501 g/mol. The molecule has 0 spiro atoms. The van der Waals surface area contributed by atoms with Crippen LogP contribution in [0.2, 0.25) is 23.2 Å². The van der Waals surface area contributed by atoms with Crippen LogP contribution in [0.1, 0.15) is 59.6 Å². The van der Waals surface area contributed by atoms with E-state index in [0.717, 1.165) is 28.7 Å². The maximum atomic E-state index is 13.7. The van der Waals surface area contributed by atoms with Gasteiger partial charge >= 0.3 is 7.12 Å². The predicted molar refractivity (Wildman–Crippen MR) is 155 cm³/mol. The number of benzene rings is 2. The molecule has 2 aliphatic rings. The molecule has 5 nitrogen and oxygen atoms in total. The summed E-state index contributed by atoms with van der Waals surface area (Å²) in [5.74, 6) is 0.0269. The van der Waals surface area contributed by atoms with Crippen LogP contribution >= 0.6 is 11.6 Å². The maximum absolute atomic E-state index is 13.7. The summed E-state index contributed by atoms with van der Waals surface area (Å²) in [4.78, 5) is 15.7. The summed E-state index contributed by atoms with van der Waals surface area (Å²) in [6.07, 6.45) is 0.972. The zero-order valence-electron chi connectivity index (χ0n) is 23.8. The number of carbonyl (C=O) groups is 1. The standard InChI is InChI=1S/C29H41BClNO4Si/c1-27(2,3)37(8,9)34-19-23-17-21-16-22(30-35-28(4,5)29(6,7)36-30)14-15-25(21)32(23)26(33)18-20-12-10-11-13-24(20)31/h10-16,23H,17-19H2,1-9H3. The molecule has 2 aromatic carbocycles. The van der Waals surface area contributed by atoms with Crippen molar-refractivity contribution in [3.05, 3.63) is 58.6 Å². The van der Waals surface area contributed by atoms with Gasteiger partial charge in [-0.2, -0.15) is 0 Å². The van der Waals surface area contributed by atoms with Crippen molar-refractivity contribution in [2.24, 2.45) is 0 Å². The number of nitrogens with zero attached hydrogens (tertiary/aromatic N) is 1. The van der Waals surface area contributed by atoms with Crippen molar-refractivity contribution in [2.75, 3.05) is 11.5 Å². The highest BCUT2D eigenvalue weighted by Crippen LogP contribution is 2.40. The molecule has 0 aromatic heterocycles. The van der Waals surface area contributed by atoms with E-state index in [1.54, 1.807) is 0 Å². The minimum absolute atomic E-state index is 0.0269. The Morgan fingerprint density at radius 1 is 1.11 bits per heavy atom. The molecule has 4 rings (SSSR count). The first-order valence-corrected chi connectivity index (χ1v) is 16.5. The molecule has 0 N–H and O–H groups in total. The van der Waals surface area contributed by atoms with Crippen molar-refractivity contribution in [3.8, 4) is 0 Å². The van der Waals surface area contributed by atoms with E-state index in [0.29, 0.717) is 11.6 Å². The Morgan fingerprint density at radius 3 is 2.32 bits per heavy atom. The molecule has 200 valence electrons. The van der Waals surface area contributed by atoms with Gasteiger partial charge in [0.05, 0.1) is 30.3 Å². The predicted octanol–water partition coefficient (Wildman–Crippen LogP) is 6.16. The molecule has 1 saturated heterocycles. The SMILES string of the molecule is CC1(C)OB(c2ccc3c(c2)CC(CO[Si](C)(C)C(C)(C)C)N3C(=O)Cc2ccccc2Cl)OC1(C)C. The minimum atomic E-state index is -1.99. The largest absolute Gasteiger partial charge is 0.494 e. The van der Waals surface area contributed by atoms with E-state index in [9.17, 15) is 4.79 Å². The topological polar surface area (TPSA) is 48.0 Å². The molecule has 0 aliphatic carbocycles. The van der Waals surface area contributed by atoms with Crippen LogP contribution < -0.4 is 10.4 Å². The number of rotatable bonds is 6. The zero-order chi connectivity index (χ0) is 27.4. The normalized spacial score (nSPS) is 20.9. The Hall–Kier alpha value is -1.64. The van der Waals surface area contributed by atoms with Gasteiger partial charge in [0.2, 0.25) is 5.91 Å². The van der Waals surface area contributed by atoms with Gasteiger partial charge in [-0.05, 0) is 81.0 Å². The number of fused-ring (bicyclic) bond motifs is 1. The van der Waals surface area contributed by atoms with Crippen LogP contribution in [0.3, 0.4) is 0 Å². The van der Waals surface area contributed by atoms with E-state index in [-0.39, 0.29) is 23.4 Å². The number of halogens is 1.